The second-order valence-electron chi connectivity index (χ2n) is 4.65. The molecule has 0 aliphatic carbocycles. The summed E-state index contributed by atoms with van der Waals surface area (Å²) in [5.41, 5.74) is 0.828. The van der Waals surface area contributed by atoms with Crippen LogP contribution in [0.4, 0.5) is 0 Å². The number of aromatic nitrogens is 2. The molecule has 0 saturated heterocycles. The third kappa shape index (κ3) is 3.43. The van der Waals surface area contributed by atoms with Crippen molar-refractivity contribution < 1.29 is 13.2 Å². The third-order valence-corrected chi connectivity index (χ3v) is 4.81. The van der Waals surface area contributed by atoms with Crippen LogP contribution in [0.3, 0.4) is 0 Å². The molecule has 0 spiro atoms. The predicted molar refractivity (Wildman–Crippen MR) is 79.5 cm³/mol. The number of hydrogen-bond donors (Lipinski definition) is 0. The van der Waals surface area contributed by atoms with Crippen molar-refractivity contribution in [1.29, 1.82) is 0 Å². The van der Waals surface area contributed by atoms with Gasteiger partial charge in [-0.1, -0.05) is 18.2 Å². The van der Waals surface area contributed by atoms with E-state index in [-0.39, 0.29) is 11.4 Å². The molecule has 0 aliphatic rings. The summed E-state index contributed by atoms with van der Waals surface area (Å²) < 4.78 is 33.2. The number of rotatable bonds is 6. The molecule has 114 valence electrons. The van der Waals surface area contributed by atoms with E-state index in [9.17, 15) is 8.42 Å². The van der Waals surface area contributed by atoms with Gasteiger partial charge in [-0.2, -0.15) is 9.40 Å². The Morgan fingerprint density at radius 3 is 2.67 bits per heavy atom. The van der Waals surface area contributed by atoms with Crippen LogP contribution in [-0.2, 0) is 23.6 Å². The Kier molecular flexibility index (Phi) is 4.64. The summed E-state index contributed by atoms with van der Waals surface area (Å²) in [6.45, 7) is 2.68. The molecule has 0 aliphatic heterocycles. The highest BCUT2D eigenvalue weighted by atomic mass is 32.2. The lowest BCUT2D eigenvalue weighted by atomic mass is 10.2. The monoisotopic (exact) mass is 309 g/mol. The van der Waals surface area contributed by atoms with Gasteiger partial charge in [-0.3, -0.25) is 4.68 Å². The molecule has 0 amide bonds. The maximum Gasteiger partial charge on any atom is 0.246 e. The lowest BCUT2D eigenvalue weighted by molar-refractivity contribution is 0.332. The number of para-hydroxylation sites is 1. The average molecular weight is 309 g/mol. The van der Waals surface area contributed by atoms with Gasteiger partial charge in [-0.15, -0.1) is 0 Å². The summed E-state index contributed by atoms with van der Waals surface area (Å²) in [6, 6.07) is 7.43. The maximum atomic E-state index is 12.5. The molecule has 0 bridgehead atoms. The summed E-state index contributed by atoms with van der Waals surface area (Å²) in [5.74, 6) is 0.702. The van der Waals surface area contributed by atoms with Crippen molar-refractivity contribution in [2.24, 2.45) is 7.05 Å². The van der Waals surface area contributed by atoms with E-state index in [2.05, 4.69) is 5.10 Å². The Morgan fingerprint density at radius 1 is 1.33 bits per heavy atom. The highest BCUT2D eigenvalue weighted by molar-refractivity contribution is 7.89. The minimum Gasteiger partial charge on any atom is -0.494 e. The van der Waals surface area contributed by atoms with Gasteiger partial charge in [0.05, 0.1) is 12.8 Å². The zero-order valence-corrected chi connectivity index (χ0v) is 13.2. The first-order valence-electron chi connectivity index (χ1n) is 6.61. The van der Waals surface area contributed by atoms with Crippen molar-refractivity contribution >= 4 is 10.0 Å². The van der Waals surface area contributed by atoms with Crippen molar-refractivity contribution in [3.8, 4) is 5.75 Å². The molecule has 0 fully saturated rings. The average Bonchev–Trinajstić information content (AvgIpc) is 2.88. The molecular formula is C14H19N3O3S. The third-order valence-electron chi connectivity index (χ3n) is 3.05. The van der Waals surface area contributed by atoms with Crippen LogP contribution in [-0.4, -0.2) is 36.2 Å². The molecule has 7 heteroatoms. The topological polar surface area (TPSA) is 64.4 Å². The molecular weight excluding hydrogens is 290 g/mol. The van der Waals surface area contributed by atoms with Gasteiger partial charge in [0, 0.05) is 32.4 Å². The van der Waals surface area contributed by atoms with Gasteiger partial charge in [0.15, 0.2) is 0 Å². The van der Waals surface area contributed by atoms with Gasteiger partial charge in [-0.05, 0) is 13.0 Å². The van der Waals surface area contributed by atoms with E-state index < -0.39 is 10.0 Å². The van der Waals surface area contributed by atoms with Crippen molar-refractivity contribution in [2.45, 2.75) is 18.4 Å². The molecule has 21 heavy (non-hydrogen) atoms. The molecule has 0 radical (unpaired) electrons. The SMILES string of the molecule is CCOc1ccccc1CN(C)S(=O)(=O)c1cnn(C)c1. The number of ether oxygens (including phenoxy) is 1. The van der Waals surface area contributed by atoms with Crippen molar-refractivity contribution in [2.75, 3.05) is 13.7 Å². The van der Waals surface area contributed by atoms with E-state index in [4.69, 9.17) is 4.74 Å². The van der Waals surface area contributed by atoms with Crippen LogP contribution in [0.5, 0.6) is 5.75 Å². The standard InChI is InChI=1S/C14H19N3O3S/c1-4-20-14-8-6-5-7-12(14)10-17(3)21(18,19)13-9-15-16(2)11-13/h5-9,11H,4,10H2,1-3H3. The lowest BCUT2D eigenvalue weighted by Crippen LogP contribution is -2.26. The number of sulfonamides is 1. The van der Waals surface area contributed by atoms with Crippen LogP contribution in [0.2, 0.25) is 0 Å². The maximum absolute atomic E-state index is 12.5. The molecule has 6 nitrogen and oxygen atoms in total. The van der Waals surface area contributed by atoms with Crippen LogP contribution < -0.4 is 4.74 Å². The zero-order chi connectivity index (χ0) is 15.5. The first kappa shape index (κ1) is 15.5. The first-order chi connectivity index (χ1) is 9.95. The molecule has 1 aromatic carbocycles. The van der Waals surface area contributed by atoms with E-state index in [0.717, 1.165) is 5.56 Å². The fourth-order valence-corrected chi connectivity index (χ4v) is 3.10. The minimum atomic E-state index is -3.55. The lowest BCUT2D eigenvalue weighted by Gasteiger charge is -2.18. The van der Waals surface area contributed by atoms with Gasteiger partial charge in [0.2, 0.25) is 10.0 Å². The highest BCUT2D eigenvalue weighted by Gasteiger charge is 2.23. The van der Waals surface area contributed by atoms with Crippen LogP contribution in [0, 0.1) is 0 Å². The van der Waals surface area contributed by atoms with Gasteiger partial charge in [0.1, 0.15) is 10.6 Å². The fourth-order valence-electron chi connectivity index (χ4n) is 1.97. The number of hydrogen-bond acceptors (Lipinski definition) is 4. The molecule has 0 unspecified atom stereocenters. The number of nitrogens with zero attached hydrogens (tertiary/aromatic N) is 3. The summed E-state index contributed by atoms with van der Waals surface area (Å²) >= 11 is 0. The number of aryl methyl sites for hydroxylation is 1. The summed E-state index contributed by atoms with van der Waals surface area (Å²) in [4.78, 5) is 0.182. The second kappa shape index (κ2) is 6.28. The van der Waals surface area contributed by atoms with Crippen molar-refractivity contribution in [3.63, 3.8) is 0 Å². The molecule has 1 heterocycles. The quantitative estimate of drug-likeness (QED) is 0.814. The van der Waals surface area contributed by atoms with Gasteiger partial charge >= 0.3 is 0 Å². The molecule has 1 aromatic heterocycles. The summed E-state index contributed by atoms with van der Waals surface area (Å²) in [6.07, 6.45) is 2.83. The smallest absolute Gasteiger partial charge is 0.246 e. The molecule has 0 saturated carbocycles. The van der Waals surface area contributed by atoms with Gasteiger partial charge < -0.3 is 4.74 Å². The van der Waals surface area contributed by atoms with Crippen LogP contribution in [0.15, 0.2) is 41.6 Å². The van der Waals surface area contributed by atoms with E-state index in [1.807, 2.05) is 31.2 Å². The van der Waals surface area contributed by atoms with Crippen molar-refractivity contribution in [1.82, 2.24) is 14.1 Å². The van der Waals surface area contributed by atoms with Gasteiger partial charge in [-0.25, -0.2) is 8.42 Å². The van der Waals surface area contributed by atoms with E-state index in [0.29, 0.717) is 12.4 Å². The van der Waals surface area contributed by atoms with E-state index in [1.54, 1.807) is 14.1 Å². The first-order valence-corrected chi connectivity index (χ1v) is 8.05. The van der Waals surface area contributed by atoms with Crippen LogP contribution in [0.25, 0.3) is 0 Å². The summed E-state index contributed by atoms with van der Waals surface area (Å²) in [7, 11) is -0.323. The number of benzene rings is 1. The van der Waals surface area contributed by atoms with Crippen molar-refractivity contribution in [3.05, 3.63) is 42.2 Å². The Balaban J connectivity index is 2.23. The normalized spacial score (nSPS) is 11.8. The molecule has 0 atom stereocenters. The van der Waals surface area contributed by atoms with Crippen LogP contribution in [0.1, 0.15) is 12.5 Å². The van der Waals surface area contributed by atoms with E-state index >= 15 is 0 Å². The van der Waals surface area contributed by atoms with E-state index in [1.165, 1.54) is 21.4 Å². The fraction of sp³-hybridized carbons (Fsp3) is 0.357. The second-order valence-corrected chi connectivity index (χ2v) is 6.70. The summed E-state index contributed by atoms with van der Waals surface area (Å²) in [5, 5.41) is 3.91. The Morgan fingerprint density at radius 2 is 2.05 bits per heavy atom. The highest BCUT2D eigenvalue weighted by Crippen LogP contribution is 2.22. The largest absolute Gasteiger partial charge is 0.494 e. The van der Waals surface area contributed by atoms with Gasteiger partial charge in [0.25, 0.3) is 0 Å². The Bertz CT molecular complexity index is 710. The van der Waals surface area contributed by atoms with Crippen LogP contribution >= 0.6 is 0 Å². The molecule has 2 rings (SSSR count). The molecule has 2 aromatic rings. The Labute approximate surface area is 125 Å². The minimum absolute atomic E-state index is 0.182. The predicted octanol–water partition coefficient (Wildman–Crippen LogP) is 1.64. The molecule has 0 N–H and O–H groups in total. The zero-order valence-electron chi connectivity index (χ0n) is 12.4. The Hall–Kier alpha value is -1.86.